The summed E-state index contributed by atoms with van der Waals surface area (Å²) in [5.41, 5.74) is 1.10. The van der Waals surface area contributed by atoms with E-state index in [0.717, 1.165) is 23.4 Å². The lowest BCUT2D eigenvalue weighted by molar-refractivity contribution is 0.451. The molecule has 0 heterocycles. The van der Waals surface area contributed by atoms with Crippen molar-refractivity contribution in [2.75, 3.05) is 6.54 Å². The molecule has 0 atom stereocenters. The fourth-order valence-corrected chi connectivity index (χ4v) is 2.98. The lowest BCUT2D eigenvalue weighted by Gasteiger charge is -2.28. The average Bonchev–Trinajstić information content (AvgIpc) is 2.77. The average molecular weight is 236 g/mol. The highest BCUT2D eigenvalue weighted by Crippen LogP contribution is 2.43. The Morgan fingerprint density at radius 3 is 2.62 bits per heavy atom. The molecule has 1 aliphatic rings. The molecule has 2 nitrogen and oxygen atoms in total. The standard InChI is InChI=1S/C13H14ClNO/c14-12-6-2-1-5-11(12)13(9-15-10-16)7-3-4-8-13/h1-2,5-6H,3-4,7-9H2. The number of rotatable bonds is 3. The van der Waals surface area contributed by atoms with Crippen LogP contribution in [0.4, 0.5) is 0 Å². The predicted octanol–water partition coefficient (Wildman–Crippen LogP) is 3.49. The number of hydrogen-bond donors (Lipinski definition) is 0. The molecule has 1 aromatic carbocycles. The number of aliphatic imine (C=N–C) groups is 1. The molecule has 0 saturated heterocycles. The third kappa shape index (κ3) is 2.04. The molecule has 0 radical (unpaired) electrons. The van der Waals surface area contributed by atoms with Crippen LogP contribution in [0.1, 0.15) is 31.2 Å². The monoisotopic (exact) mass is 235 g/mol. The molecule has 0 N–H and O–H groups in total. The van der Waals surface area contributed by atoms with Gasteiger partial charge in [-0.2, -0.15) is 0 Å². The summed E-state index contributed by atoms with van der Waals surface area (Å²) in [5.74, 6) is 0. The van der Waals surface area contributed by atoms with Crippen LogP contribution in [0.2, 0.25) is 5.02 Å². The summed E-state index contributed by atoms with van der Waals surface area (Å²) in [6.45, 7) is 0.514. The van der Waals surface area contributed by atoms with Crippen LogP contribution < -0.4 is 0 Å². The van der Waals surface area contributed by atoms with Crippen molar-refractivity contribution in [2.45, 2.75) is 31.1 Å². The predicted molar refractivity (Wildman–Crippen MR) is 64.6 cm³/mol. The second-order valence-electron chi connectivity index (χ2n) is 4.37. The molecule has 1 fully saturated rings. The SMILES string of the molecule is O=C=NCC1(c2ccccc2Cl)CCCC1. The zero-order chi connectivity index (χ0) is 11.4. The summed E-state index contributed by atoms with van der Waals surface area (Å²) in [6, 6.07) is 7.87. The molecule has 2 rings (SSSR count). The highest BCUT2D eigenvalue weighted by atomic mass is 35.5. The molecule has 0 bridgehead atoms. The first-order chi connectivity index (χ1) is 7.78. The summed E-state index contributed by atoms with van der Waals surface area (Å²) in [7, 11) is 0. The van der Waals surface area contributed by atoms with Gasteiger partial charge in [0.1, 0.15) is 0 Å². The van der Waals surface area contributed by atoms with E-state index < -0.39 is 0 Å². The molecule has 0 aromatic heterocycles. The largest absolute Gasteiger partial charge is 0.234 e. The minimum atomic E-state index is -0.0320. The van der Waals surface area contributed by atoms with E-state index in [1.165, 1.54) is 12.8 Å². The molecule has 0 spiro atoms. The Labute approximate surface area is 100 Å². The summed E-state index contributed by atoms with van der Waals surface area (Å²) in [6.07, 6.45) is 6.12. The Hall–Kier alpha value is -1.11. The Kier molecular flexibility index (Phi) is 3.42. The van der Waals surface area contributed by atoms with Gasteiger partial charge in [0.05, 0.1) is 6.54 Å². The van der Waals surface area contributed by atoms with Crippen LogP contribution in [0, 0.1) is 0 Å². The van der Waals surface area contributed by atoms with E-state index in [1.807, 2.05) is 24.3 Å². The van der Waals surface area contributed by atoms with Gasteiger partial charge in [-0.3, -0.25) is 0 Å². The van der Waals surface area contributed by atoms with E-state index >= 15 is 0 Å². The maximum Gasteiger partial charge on any atom is 0.234 e. The van der Waals surface area contributed by atoms with Gasteiger partial charge in [0, 0.05) is 10.4 Å². The second kappa shape index (κ2) is 4.82. The fraction of sp³-hybridized carbons (Fsp3) is 0.462. The van der Waals surface area contributed by atoms with E-state index in [-0.39, 0.29) is 5.41 Å². The molecule has 0 amide bonds. The Morgan fingerprint density at radius 1 is 1.31 bits per heavy atom. The van der Waals surface area contributed by atoms with E-state index in [2.05, 4.69) is 4.99 Å². The maximum absolute atomic E-state index is 10.3. The number of hydrogen-bond acceptors (Lipinski definition) is 2. The van der Waals surface area contributed by atoms with Gasteiger partial charge in [-0.15, -0.1) is 0 Å². The summed E-state index contributed by atoms with van der Waals surface area (Å²) < 4.78 is 0. The van der Waals surface area contributed by atoms with Crippen LogP contribution in [0.3, 0.4) is 0 Å². The first kappa shape index (κ1) is 11.4. The van der Waals surface area contributed by atoms with E-state index in [4.69, 9.17) is 11.6 Å². The van der Waals surface area contributed by atoms with Crippen LogP contribution in [0.25, 0.3) is 0 Å². The Balaban J connectivity index is 2.39. The minimum absolute atomic E-state index is 0.0320. The highest BCUT2D eigenvalue weighted by molar-refractivity contribution is 6.31. The molecule has 84 valence electrons. The Morgan fingerprint density at radius 2 is 2.00 bits per heavy atom. The molecular weight excluding hydrogens is 222 g/mol. The van der Waals surface area contributed by atoms with E-state index in [0.29, 0.717) is 6.54 Å². The number of isocyanates is 1. The van der Waals surface area contributed by atoms with Gasteiger partial charge in [0.25, 0.3) is 0 Å². The van der Waals surface area contributed by atoms with Crippen molar-refractivity contribution in [3.05, 3.63) is 34.9 Å². The van der Waals surface area contributed by atoms with Crippen LogP contribution in [0.15, 0.2) is 29.3 Å². The van der Waals surface area contributed by atoms with Crippen LogP contribution >= 0.6 is 11.6 Å². The number of nitrogens with zero attached hydrogens (tertiary/aromatic N) is 1. The topological polar surface area (TPSA) is 29.4 Å². The van der Waals surface area contributed by atoms with Gasteiger partial charge in [0.2, 0.25) is 6.08 Å². The molecule has 0 aliphatic heterocycles. The van der Waals surface area contributed by atoms with Gasteiger partial charge in [0.15, 0.2) is 0 Å². The number of carbonyl (C=O) groups excluding carboxylic acids is 1. The molecular formula is C13H14ClNO. The summed E-state index contributed by atoms with van der Waals surface area (Å²) in [5, 5.41) is 0.783. The minimum Gasteiger partial charge on any atom is -0.211 e. The maximum atomic E-state index is 10.3. The van der Waals surface area contributed by atoms with Gasteiger partial charge in [-0.05, 0) is 24.5 Å². The zero-order valence-electron chi connectivity index (χ0n) is 9.08. The third-order valence-electron chi connectivity index (χ3n) is 3.45. The molecule has 16 heavy (non-hydrogen) atoms. The Bertz CT molecular complexity index is 418. The van der Waals surface area contributed by atoms with Crippen LogP contribution in [-0.2, 0) is 10.2 Å². The fourth-order valence-electron chi connectivity index (χ4n) is 2.64. The van der Waals surface area contributed by atoms with Crippen molar-refractivity contribution in [3.63, 3.8) is 0 Å². The first-order valence-corrected chi connectivity index (χ1v) is 5.95. The van der Waals surface area contributed by atoms with Crippen molar-refractivity contribution in [1.82, 2.24) is 0 Å². The van der Waals surface area contributed by atoms with Crippen molar-refractivity contribution < 1.29 is 4.79 Å². The lowest BCUT2D eigenvalue weighted by Crippen LogP contribution is -2.26. The molecule has 1 aromatic rings. The normalized spacial score (nSPS) is 18.1. The van der Waals surface area contributed by atoms with Crippen LogP contribution in [-0.4, -0.2) is 12.6 Å². The smallest absolute Gasteiger partial charge is 0.211 e. The van der Waals surface area contributed by atoms with Gasteiger partial charge in [-0.1, -0.05) is 42.6 Å². The van der Waals surface area contributed by atoms with E-state index in [9.17, 15) is 4.79 Å². The van der Waals surface area contributed by atoms with E-state index in [1.54, 1.807) is 6.08 Å². The van der Waals surface area contributed by atoms with Gasteiger partial charge < -0.3 is 0 Å². The number of benzene rings is 1. The molecule has 3 heteroatoms. The highest BCUT2D eigenvalue weighted by Gasteiger charge is 2.36. The summed E-state index contributed by atoms with van der Waals surface area (Å²) in [4.78, 5) is 14.1. The number of halogens is 1. The van der Waals surface area contributed by atoms with Crippen LogP contribution in [0.5, 0.6) is 0 Å². The van der Waals surface area contributed by atoms with Crippen molar-refractivity contribution in [3.8, 4) is 0 Å². The van der Waals surface area contributed by atoms with Gasteiger partial charge >= 0.3 is 0 Å². The quantitative estimate of drug-likeness (QED) is 0.583. The van der Waals surface area contributed by atoms with Crippen molar-refractivity contribution >= 4 is 17.7 Å². The lowest BCUT2D eigenvalue weighted by atomic mass is 9.79. The van der Waals surface area contributed by atoms with Crippen molar-refractivity contribution in [1.29, 1.82) is 0 Å². The summed E-state index contributed by atoms with van der Waals surface area (Å²) >= 11 is 6.23. The molecule has 1 aliphatic carbocycles. The first-order valence-electron chi connectivity index (χ1n) is 5.57. The zero-order valence-corrected chi connectivity index (χ0v) is 9.83. The van der Waals surface area contributed by atoms with Gasteiger partial charge in [-0.25, -0.2) is 9.79 Å². The van der Waals surface area contributed by atoms with Crippen molar-refractivity contribution in [2.24, 2.45) is 4.99 Å². The molecule has 1 saturated carbocycles. The molecule has 0 unspecified atom stereocenters. The third-order valence-corrected chi connectivity index (χ3v) is 3.78. The second-order valence-corrected chi connectivity index (χ2v) is 4.78.